The first-order valence-corrected chi connectivity index (χ1v) is 13.2. The van der Waals surface area contributed by atoms with Gasteiger partial charge in [0.2, 0.25) is 0 Å². The molecule has 0 aliphatic carbocycles. The van der Waals surface area contributed by atoms with E-state index in [1.165, 1.54) is 29.6 Å². The Bertz CT molecular complexity index is 1130. The molecule has 0 aliphatic rings. The fraction of sp³-hybridized carbons (Fsp3) is 0.407. The van der Waals surface area contributed by atoms with Crippen LogP contribution in [0.15, 0.2) is 64.9 Å². The number of hydrogen-bond acceptors (Lipinski definition) is 5. The first kappa shape index (κ1) is 27.3. The van der Waals surface area contributed by atoms with Crippen LogP contribution in [0.1, 0.15) is 81.3 Å². The van der Waals surface area contributed by atoms with Crippen molar-refractivity contribution in [3.05, 3.63) is 76.6 Å². The molecule has 0 radical (unpaired) electrons. The number of pyridine rings is 1. The summed E-state index contributed by atoms with van der Waals surface area (Å²) in [4.78, 5) is 16.2. The van der Waals surface area contributed by atoms with Crippen LogP contribution in [0.4, 0.5) is 0 Å². The van der Waals surface area contributed by atoms with Gasteiger partial charge in [-0.15, -0.1) is 0 Å². The second kappa shape index (κ2) is 13.1. The molecule has 1 aromatic carbocycles. The summed E-state index contributed by atoms with van der Waals surface area (Å²) in [6, 6.07) is 6.57. The smallest absolute Gasteiger partial charge is 0.268 e. The summed E-state index contributed by atoms with van der Waals surface area (Å²) in [5.41, 5.74) is 3.58. The van der Waals surface area contributed by atoms with E-state index in [9.17, 15) is 18.3 Å². The lowest BCUT2D eigenvalue weighted by Crippen LogP contribution is -2.31. The molecule has 2 N–H and O–H groups in total. The molecule has 2 rings (SSSR count). The maximum Gasteiger partial charge on any atom is 0.268 e. The molecule has 1 aromatic heterocycles. The minimum atomic E-state index is -4.30. The molecule has 34 heavy (non-hydrogen) atoms. The van der Waals surface area contributed by atoms with Crippen LogP contribution >= 0.6 is 0 Å². The van der Waals surface area contributed by atoms with E-state index in [1.54, 1.807) is 18.2 Å². The first-order chi connectivity index (χ1) is 16.2. The van der Waals surface area contributed by atoms with Gasteiger partial charge in [-0.3, -0.25) is 9.78 Å². The van der Waals surface area contributed by atoms with Crippen molar-refractivity contribution in [3.8, 4) is 5.75 Å². The number of sulfonamides is 1. The third kappa shape index (κ3) is 8.13. The van der Waals surface area contributed by atoms with Crippen molar-refractivity contribution in [1.82, 2.24) is 9.71 Å². The van der Waals surface area contributed by atoms with Crippen molar-refractivity contribution in [1.29, 1.82) is 0 Å². The standard InChI is InChI=1S/C27H36N2O4S/c1-5-6-7-12-23-17-16-22(15-14-21(4)11-8-10-20(2)3)25(30)26(23)34(32,33)29-27(31)24-13-9-18-28-19-24/h9-10,13-14,16-19,30H,5-8,11-12,15H2,1-4H3,(H,29,31)/b21-14+. The molecule has 0 saturated carbocycles. The van der Waals surface area contributed by atoms with Gasteiger partial charge in [0.15, 0.2) is 0 Å². The zero-order chi connectivity index (χ0) is 25.1. The number of aryl methyl sites for hydroxylation is 1. The Morgan fingerprint density at radius 2 is 1.82 bits per heavy atom. The number of amides is 1. The van der Waals surface area contributed by atoms with Gasteiger partial charge in [-0.05, 0) is 76.1 Å². The quantitative estimate of drug-likeness (QED) is 0.290. The van der Waals surface area contributed by atoms with E-state index in [-0.39, 0.29) is 16.2 Å². The number of benzene rings is 1. The van der Waals surface area contributed by atoms with Crippen LogP contribution in [0, 0.1) is 0 Å². The van der Waals surface area contributed by atoms with Crippen molar-refractivity contribution in [2.24, 2.45) is 0 Å². The SMILES string of the molecule is CCCCCc1ccc(C/C=C(\C)CCC=C(C)C)c(O)c1S(=O)(=O)NC(=O)c1cccnc1. The van der Waals surface area contributed by atoms with E-state index in [4.69, 9.17) is 0 Å². The Hall–Kier alpha value is -2.93. The molecule has 7 heteroatoms. The number of aromatic hydroxyl groups is 1. The summed E-state index contributed by atoms with van der Waals surface area (Å²) in [6.45, 7) is 8.22. The van der Waals surface area contributed by atoms with E-state index in [0.29, 0.717) is 24.0 Å². The zero-order valence-electron chi connectivity index (χ0n) is 20.6. The lowest BCUT2D eigenvalue weighted by molar-refractivity contribution is 0.0981. The van der Waals surface area contributed by atoms with Crippen molar-refractivity contribution in [2.75, 3.05) is 0 Å². The van der Waals surface area contributed by atoms with Crippen LogP contribution < -0.4 is 4.72 Å². The predicted octanol–water partition coefficient (Wildman–Crippen LogP) is 5.87. The van der Waals surface area contributed by atoms with Crippen molar-refractivity contribution in [2.45, 2.75) is 77.5 Å². The monoisotopic (exact) mass is 484 g/mol. The summed E-state index contributed by atoms with van der Waals surface area (Å²) in [7, 11) is -4.30. The third-order valence-electron chi connectivity index (χ3n) is 5.53. The highest BCUT2D eigenvalue weighted by Crippen LogP contribution is 2.32. The molecule has 0 fully saturated rings. The molecular weight excluding hydrogens is 448 g/mol. The van der Waals surface area contributed by atoms with Crippen LogP contribution in [-0.4, -0.2) is 24.4 Å². The van der Waals surface area contributed by atoms with Crippen LogP contribution in [0.5, 0.6) is 5.75 Å². The highest BCUT2D eigenvalue weighted by atomic mass is 32.2. The van der Waals surface area contributed by atoms with E-state index in [1.807, 2.05) is 13.0 Å². The van der Waals surface area contributed by atoms with Gasteiger partial charge in [-0.2, -0.15) is 0 Å². The molecule has 6 nitrogen and oxygen atoms in total. The number of unbranched alkanes of at least 4 members (excludes halogenated alkanes) is 2. The van der Waals surface area contributed by atoms with Crippen LogP contribution in [0.25, 0.3) is 0 Å². The highest BCUT2D eigenvalue weighted by Gasteiger charge is 2.27. The van der Waals surface area contributed by atoms with Crippen LogP contribution in [-0.2, 0) is 22.9 Å². The number of aromatic nitrogens is 1. The molecule has 0 aliphatic heterocycles. The maximum atomic E-state index is 13.3. The minimum absolute atomic E-state index is 0.129. The summed E-state index contributed by atoms with van der Waals surface area (Å²) in [6.07, 6.45) is 12.4. The Kier molecular flexibility index (Phi) is 10.5. The van der Waals surface area contributed by atoms with Gasteiger partial charge in [0, 0.05) is 12.4 Å². The maximum absolute atomic E-state index is 13.3. The summed E-state index contributed by atoms with van der Waals surface area (Å²) >= 11 is 0. The Balaban J connectivity index is 2.36. The molecule has 1 heterocycles. The Morgan fingerprint density at radius 3 is 2.47 bits per heavy atom. The Morgan fingerprint density at radius 1 is 1.09 bits per heavy atom. The largest absolute Gasteiger partial charge is 0.506 e. The lowest BCUT2D eigenvalue weighted by atomic mass is 10.0. The summed E-state index contributed by atoms with van der Waals surface area (Å²) < 4.78 is 28.6. The first-order valence-electron chi connectivity index (χ1n) is 11.8. The zero-order valence-corrected chi connectivity index (χ0v) is 21.4. The summed E-state index contributed by atoms with van der Waals surface area (Å²) in [5.74, 6) is -1.08. The number of carbonyl (C=O) groups excluding carboxylic acids is 1. The van der Waals surface area contributed by atoms with E-state index < -0.39 is 15.9 Å². The normalized spacial score (nSPS) is 11.8. The molecule has 0 bridgehead atoms. The van der Waals surface area contributed by atoms with E-state index >= 15 is 0 Å². The molecule has 0 atom stereocenters. The van der Waals surface area contributed by atoms with Crippen molar-refractivity contribution < 1.29 is 18.3 Å². The highest BCUT2D eigenvalue weighted by molar-refractivity contribution is 7.90. The molecule has 0 spiro atoms. The fourth-order valence-corrected chi connectivity index (χ4v) is 4.95. The molecule has 2 aromatic rings. The Labute approximate surface area is 203 Å². The number of carbonyl (C=O) groups is 1. The molecule has 0 saturated heterocycles. The number of phenolic OH excluding ortho intramolecular Hbond substituents is 1. The van der Waals surface area contributed by atoms with Gasteiger partial charge in [-0.1, -0.05) is 55.2 Å². The third-order valence-corrected chi connectivity index (χ3v) is 6.97. The summed E-state index contributed by atoms with van der Waals surface area (Å²) in [5, 5.41) is 11.0. The lowest BCUT2D eigenvalue weighted by Gasteiger charge is -2.16. The average molecular weight is 485 g/mol. The van der Waals surface area contributed by atoms with Crippen LogP contribution in [0.3, 0.4) is 0 Å². The second-order valence-corrected chi connectivity index (χ2v) is 10.4. The predicted molar refractivity (Wildman–Crippen MR) is 136 cm³/mol. The number of nitrogens with zero attached hydrogens (tertiary/aromatic N) is 1. The van der Waals surface area contributed by atoms with Gasteiger partial charge in [0.05, 0.1) is 5.56 Å². The number of rotatable bonds is 12. The van der Waals surface area contributed by atoms with Crippen molar-refractivity contribution >= 4 is 15.9 Å². The van der Waals surface area contributed by atoms with Gasteiger partial charge >= 0.3 is 0 Å². The molecule has 184 valence electrons. The number of nitrogens with one attached hydrogen (secondary N) is 1. The minimum Gasteiger partial charge on any atom is -0.506 e. The number of allylic oxidation sites excluding steroid dienone is 4. The van der Waals surface area contributed by atoms with Crippen molar-refractivity contribution in [3.63, 3.8) is 0 Å². The second-order valence-electron chi connectivity index (χ2n) is 8.77. The molecule has 0 unspecified atom stereocenters. The number of hydrogen-bond donors (Lipinski definition) is 2. The van der Waals surface area contributed by atoms with Gasteiger partial charge < -0.3 is 5.11 Å². The topological polar surface area (TPSA) is 96.4 Å². The van der Waals surface area contributed by atoms with E-state index in [2.05, 4.69) is 36.6 Å². The van der Waals surface area contributed by atoms with Gasteiger partial charge in [-0.25, -0.2) is 13.1 Å². The average Bonchev–Trinajstić information content (AvgIpc) is 2.78. The van der Waals surface area contributed by atoms with Gasteiger partial charge in [0.1, 0.15) is 10.6 Å². The number of phenols is 1. The van der Waals surface area contributed by atoms with E-state index in [0.717, 1.165) is 32.1 Å². The molecular formula is C27H36N2O4S. The van der Waals surface area contributed by atoms with Crippen LogP contribution in [0.2, 0.25) is 0 Å². The molecule has 1 amide bonds. The fourth-order valence-electron chi connectivity index (χ4n) is 3.58. The van der Waals surface area contributed by atoms with Gasteiger partial charge in [0.25, 0.3) is 15.9 Å².